The molecule has 7 nitrogen and oxygen atoms in total. The molecule has 0 aromatic carbocycles. The maximum atomic E-state index is 10.3. The number of pyridine rings is 1. The molecule has 0 saturated heterocycles. The van der Waals surface area contributed by atoms with Gasteiger partial charge >= 0.3 is 0 Å². The van der Waals surface area contributed by atoms with Crippen LogP contribution in [0.2, 0.25) is 5.28 Å². The average Bonchev–Trinajstić information content (AvgIpc) is 2.99. The first kappa shape index (κ1) is 19.7. The third kappa shape index (κ3) is 4.11. The minimum Gasteiger partial charge on any atom is -0.384 e. The van der Waals surface area contributed by atoms with E-state index in [1.54, 1.807) is 26.1 Å². The van der Waals surface area contributed by atoms with E-state index >= 15 is 0 Å². The van der Waals surface area contributed by atoms with E-state index < -0.39 is 11.9 Å². The molecule has 3 rings (SSSR count). The summed E-state index contributed by atoms with van der Waals surface area (Å²) in [6.45, 7) is 8.16. The summed E-state index contributed by atoms with van der Waals surface area (Å²) < 4.78 is 13.4. The van der Waals surface area contributed by atoms with Gasteiger partial charge in [0.1, 0.15) is 11.4 Å². The lowest BCUT2D eigenvalue weighted by atomic mass is 10.1. The second kappa shape index (κ2) is 7.90. The van der Waals surface area contributed by atoms with Gasteiger partial charge in [-0.2, -0.15) is 4.98 Å². The van der Waals surface area contributed by atoms with Gasteiger partial charge in [-0.15, -0.1) is 0 Å². The molecule has 3 heterocycles. The Labute approximate surface area is 162 Å². The summed E-state index contributed by atoms with van der Waals surface area (Å²) >= 11 is 6.03. The van der Waals surface area contributed by atoms with E-state index in [4.69, 9.17) is 21.1 Å². The van der Waals surface area contributed by atoms with Crippen molar-refractivity contribution < 1.29 is 14.6 Å². The topological polar surface area (TPSA) is 82.3 Å². The molecule has 0 radical (unpaired) electrons. The summed E-state index contributed by atoms with van der Waals surface area (Å²) in [6.07, 6.45) is 1.06. The van der Waals surface area contributed by atoms with E-state index in [2.05, 4.69) is 15.0 Å². The molecule has 0 spiro atoms. The molecule has 3 aromatic heterocycles. The molecule has 0 saturated carbocycles. The van der Waals surface area contributed by atoms with Gasteiger partial charge in [0, 0.05) is 24.8 Å². The van der Waals surface area contributed by atoms with Gasteiger partial charge in [0.15, 0.2) is 11.9 Å². The summed E-state index contributed by atoms with van der Waals surface area (Å²) in [5.41, 5.74) is 0.781. The molecule has 144 valence electrons. The van der Waals surface area contributed by atoms with Crippen molar-refractivity contribution in [3.63, 3.8) is 0 Å². The van der Waals surface area contributed by atoms with E-state index in [-0.39, 0.29) is 5.28 Å². The van der Waals surface area contributed by atoms with Crippen molar-refractivity contribution in [1.82, 2.24) is 19.5 Å². The molecule has 0 atom stereocenters. The van der Waals surface area contributed by atoms with Gasteiger partial charge in [-0.25, -0.2) is 9.97 Å². The Morgan fingerprint density at radius 1 is 1.19 bits per heavy atom. The Balaban J connectivity index is 2.26. The highest BCUT2D eigenvalue weighted by atomic mass is 35.5. The lowest BCUT2D eigenvalue weighted by molar-refractivity contribution is -0.143. The maximum Gasteiger partial charge on any atom is 0.224 e. The van der Waals surface area contributed by atoms with E-state index in [9.17, 15) is 5.11 Å². The molecule has 0 aliphatic rings. The standard InChI is InChI=1S/C19H23ClN4O3/c1-5-26-17(27-6-2)13-10-12-11-21-18(20)23-16(12)24(13)15-9-7-8-14(22-15)19(3,4)25/h7-11,17,25H,5-6H2,1-4H3. The Kier molecular flexibility index (Phi) is 5.76. The van der Waals surface area contributed by atoms with Crippen LogP contribution in [0, 0.1) is 0 Å². The Morgan fingerprint density at radius 2 is 1.89 bits per heavy atom. The van der Waals surface area contributed by atoms with E-state index in [1.165, 1.54) is 0 Å². The van der Waals surface area contributed by atoms with Crippen molar-refractivity contribution >= 4 is 22.6 Å². The molecule has 0 amide bonds. The van der Waals surface area contributed by atoms with Gasteiger partial charge in [-0.05, 0) is 57.5 Å². The van der Waals surface area contributed by atoms with Crippen LogP contribution in [0.4, 0.5) is 0 Å². The summed E-state index contributed by atoms with van der Waals surface area (Å²) in [5.74, 6) is 0.582. The number of nitrogens with zero attached hydrogens (tertiary/aromatic N) is 4. The van der Waals surface area contributed by atoms with Gasteiger partial charge in [0.25, 0.3) is 0 Å². The van der Waals surface area contributed by atoms with Crippen molar-refractivity contribution in [2.45, 2.75) is 39.6 Å². The number of ether oxygens (including phenoxy) is 2. The van der Waals surface area contributed by atoms with E-state index in [1.807, 2.05) is 36.6 Å². The molecule has 8 heteroatoms. The maximum absolute atomic E-state index is 10.3. The van der Waals surface area contributed by atoms with Crippen molar-refractivity contribution in [3.8, 4) is 5.82 Å². The van der Waals surface area contributed by atoms with Crippen LogP contribution in [0.3, 0.4) is 0 Å². The zero-order valence-corrected chi connectivity index (χ0v) is 16.6. The van der Waals surface area contributed by atoms with Crippen molar-refractivity contribution in [3.05, 3.63) is 47.1 Å². The Bertz CT molecular complexity index is 930. The number of hydrogen-bond acceptors (Lipinski definition) is 6. The third-order valence-electron chi connectivity index (χ3n) is 4.01. The zero-order valence-electron chi connectivity index (χ0n) is 15.8. The quantitative estimate of drug-likeness (QED) is 0.488. The second-order valence-electron chi connectivity index (χ2n) is 6.51. The van der Waals surface area contributed by atoms with Crippen LogP contribution in [0.5, 0.6) is 0 Å². The van der Waals surface area contributed by atoms with E-state index in [0.717, 1.165) is 11.1 Å². The van der Waals surface area contributed by atoms with Gasteiger partial charge in [0.2, 0.25) is 5.28 Å². The van der Waals surface area contributed by atoms with E-state index in [0.29, 0.717) is 30.4 Å². The fraction of sp³-hybridized carbons (Fsp3) is 0.421. The second-order valence-corrected chi connectivity index (χ2v) is 6.84. The SMILES string of the molecule is CCOC(OCC)c1cc2cnc(Cl)nc2n1-c1cccc(C(C)(C)O)n1. The van der Waals surface area contributed by atoms with Crippen LogP contribution in [-0.4, -0.2) is 37.8 Å². The van der Waals surface area contributed by atoms with Crippen molar-refractivity contribution in [2.24, 2.45) is 0 Å². The predicted molar refractivity (Wildman–Crippen MR) is 103 cm³/mol. The van der Waals surface area contributed by atoms with Crippen molar-refractivity contribution in [2.75, 3.05) is 13.2 Å². The fourth-order valence-corrected chi connectivity index (χ4v) is 2.94. The van der Waals surface area contributed by atoms with Gasteiger partial charge in [-0.1, -0.05) is 6.07 Å². The van der Waals surface area contributed by atoms with Gasteiger partial charge < -0.3 is 14.6 Å². The van der Waals surface area contributed by atoms with Crippen LogP contribution in [0.15, 0.2) is 30.5 Å². The largest absolute Gasteiger partial charge is 0.384 e. The number of fused-ring (bicyclic) bond motifs is 1. The summed E-state index contributed by atoms with van der Waals surface area (Å²) in [4.78, 5) is 13.1. The lowest BCUT2D eigenvalue weighted by Gasteiger charge is -2.21. The Morgan fingerprint density at radius 3 is 2.52 bits per heavy atom. The van der Waals surface area contributed by atoms with Crippen LogP contribution < -0.4 is 0 Å². The normalized spacial score (nSPS) is 12.3. The zero-order chi connectivity index (χ0) is 19.6. The third-order valence-corrected chi connectivity index (χ3v) is 4.19. The molecular weight excluding hydrogens is 368 g/mol. The molecule has 0 unspecified atom stereocenters. The molecule has 0 aliphatic heterocycles. The van der Waals surface area contributed by atoms with Gasteiger partial charge in [-0.3, -0.25) is 4.57 Å². The highest BCUT2D eigenvalue weighted by Crippen LogP contribution is 2.30. The number of aromatic nitrogens is 4. The van der Waals surface area contributed by atoms with Crippen LogP contribution in [-0.2, 0) is 15.1 Å². The number of hydrogen-bond donors (Lipinski definition) is 1. The highest BCUT2D eigenvalue weighted by Gasteiger charge is 2.24. The summed E-state index contributed by atoms with van der Waals surface area (Å²) in [7, 11) is 0. The van der Waals surface area contributed by atoms with Crippen molar-refractivity contribution in [1.29, 1.82) is 0 Å². The number of halogens is 1. The summed E-state index contributed by atoms with van der Waals surface area (Å²) in [5, 5.41) is 11.3. The minimum absolute atomic E-state index is 0.136. The predicted octanol–water partition coefficient (Wildman–Crippen LogP) is 3.77. The number of rotatable bonds is 7. The monoisotopic (exact) mass is 390 g/mol. The first-order valence-corrected chi connectivity index (χ1v) is 9.20. The van der Waals surface area contributed by atoms with Crippen LogP contribution in [0.1, 0.15) is 45.4 Å². The summed E-state index contributed by atoms with van der Waals surface area (Å²) in [6, 6.07) is 7.35. The molecular formula is C19H23ClN4O3. The molecule has 0 bridgehead atoms. The smallest absolute Gasteiger partial charge is 0.224 e. The average molecular weight is 391 g/mol. The van der Waals surface area contributed by atoms with Gasteiger partial charge in [0.05, 0.1) is 11.4 Å². The Hall–Kier alpha value is -2.06. The molecule has 0 aliphatic carbocycles. The van der Waals surface area contributed by atoms with Crippen LogP contribution >= 0.6 is 11.6 Å². The molecule has 3 aromatic rings. The minimum atomic E-state index is -1.08. The fourth-order valence-electron chi connectivity index (χ4n) is 2.81. The van der Waals surface area contributed by atoms with Crippen LogP contribution in [0.25, 0.3) is 16.9 Å². The highest BCUT2D eigenvalue weighted by molar-refractivity contribution is 6.28. The first-order chi connectivity index (χ1) is 12.8. The number of aliphatic hydroxyl groups is 1. The molecule has 1 N–H and O–H groups in total. The molecule has 0 fully saturated rings. The first-order valence-electron chi connectivity index (χ1n) is 8.82. The molecule has 27 heavy (non-hydrogen) atoms. The lowest BCUT2D eigenvalue weighted by Crippen LogP contribution is -2.19.